The van der Waals surface area contributed by atoms with Crippen molar-refractivity contribution in [1.82, 2.24) is 9.99 Å². The van der Waals surface area contributed by atoms with Gasteiger partial charge in [-0.25, -0.2) is 4.79 Å². The molecule has 1 aromatic heterocycles. The van der Waals surface area contributed by atoms with Crippen molar-refractivity contribution in [3.63, 3.8) is 0 Å². The summed E-state index contributed by atoms with van der Waals surface area (Å²) in [5.74, 6) is 0. The fraction of sp³-hybridized carbons (Fsp3) is 0.364. The average molecular weight is 221 g/mol. The van der Waals surface area contributed by atoms with Crippen molar-refractivity contribution >= 4 is 12.3 Å². The molecule has 0 spiro atoms. The molecule has 5 nitrogen and oxygen atoms in total. The predicted octanol–water partition coefficient (Wildman–Crippen LogP) is 2.19. The first-order valence-electron chi connectivity index (χ1n) is 4.88. The minimum atomic E-state index is -1.08. The average Bonchev–Trinajstić information content (AvgIpc) is 2.17. The van der Waals surface area contributed by atoms with Crippen LogP contribution in [0.5, 0.6) is 0 Å². The second kappa shape index (κ2) is 4.74. The van der Waals surface area contributed by atoms with Crippen molar-refractivity contribution in [3.05, 3.63) is 30.1 Å². The van der Waals surface area contributed by atoms with Crippen LogP contribution in [0.25, 0.3) is 0 Å². The zero-order valence-electron chi connectivity index (χ0n) is 9.58. The molecule has 16 heavy (non-hydrogen) atoms. The van der Waals surface area contributed by atoms with Gasteiger partial charge in [-0.15, -0.1) is 0 Å². The zero-order chi connectivity index (χ0) is 12.2. The highest BCUT2D eigenvalue weighted by molar-refractivity contribution is 5.80. The van der Waals surface area contributed by atoms with Crippen molar-refractivity contribution in [2.24, 2.45) is 5.10 Å². The van der Waals surface area contributed by atoms with E-state index >= 15 is 0 Å². The number of hydrogen-bond acceptors (Lipinski definition) is 3. The normalized spacial score (nSPS) is 11.7. The number of pyridine rings is 1. The van der Waals surface area contributed by atoms with Gasteiger partial charge in [0.05, 0.1) is 11.8 Å². The van der Waals surface area contributed by atoms with E-state index in [1.165, 1.54) is 6.21 Å². The Morgan fingerprint density at radius 3 is 2.69 bits per heavy atom. The van der Waals surface area contributed by atoms with Gasteiger partial charge in [0.15, 0.2) is 0 Å². The van der Waals surface area contributed by atoms with Gasteiger partial charge in [0.25, 0.3) is 0 Å². The molecular weight excluding hydrogens is 206 g/mol. The standard InChI is InChI=1S/C11H15N3O2/c1-11(2,3)14(10(15)16)13-8-9-5-4-6-12-7-9/h4-8H,1-3H3,(H,15,16)/b13-8+. The van der Waals surface area contributed by atoms with Crippen LogP contribution in [0.2, 0.25) is 0 Å². The van der Waals surface area contributed by atoms with E-state index in [1.54, 1.807) is 45.3 Å². The summed E-state index contributed by atoms with van der Waals surface area (Å²) in [6.45, 7) is 5.34. The van der Waals surface area contributed by atoms with Crippen molar-refractivity contribution in [1.29, 1.82) is 0 Å². The van der Waals surface area contributed by atoms with Gasteiger partial charge in [0.2, 0.25) is 0 Å². The molecular formula is C11H15N3O2. The number of carbonyl (C=O) groups is 1. The summed E-state index contributed by atoms with van der Waals surface area (Å²) in [6.07, 6.45) is 3.67. The third kappa shape index (κ3) is 3.34. The summed E-state index contributed by atoms with van der Waals surface area (Å²) in [7, 11) is 0. The Morgan fingerprint density at radius 1 is 1.56 bits per heavy atom. The van der Waals surface area contributed by atoms with Gasteiger partial charge in [0.1, 0.15) is 0 Å². The van der Waals surface area contributed by atoms with E-state index < -0.39 is 11.6 Å². The summed E-state index contributed by atoms with van der Waals surface area (Å²) < 4.78 is 0. The zero-order valence-corrected chi connectivity index (χ0v) is 9.58. The summed E-state index contributed by atoms with van der Waals surface area (Å²) in [6, 6.07) is 3.57. The third-order valence-corrected chi connectivity index (χ3v) is 1.82. The van der Waals surface area contributed by atoms with Gasteiger partial charge in [-0.1, -0.05) is 6.07 Å². The summed E-state index contributed by atoms with van der Waals surface area (Å²) in [5.41, 5.74) is 0.197. The lowest BCUT2D eigenvalue weighted by Crippen LogP contribution is -2.41. The van der Waals surface area contributed by atoms with Gasteiger partial charge in [0, 0.05) is 18.0 Å². The molecule has 1 amide bonds. The lowest BCUT2D eigenvalue weighted by molar-refractivity contribution is 0.103. The van der Waals surface area contributed by atoms with Crippen LogP contribution in [-0.2, 0) is 0 Å². The molecule has 0 saturated heterocycles. The Hall–Kier alpha value is -1.91. The molecule has 0 aliphatic carbocycles. The van der Waals surface area contributed by atoms with Gasteiger partial charge in [-0.3, -0.25) is 4.98 Å². The molecule has 0 saturated carbocycles. The molecule has 0 radical (unpaired) electrons. The van der Waals surface area contributed by atoms with E-state index in [0.717, 1.165) is 10.6 Å². The van der Waals surface area contributed by atoms with E-state index in [-0.39, 0.29) is 0 Å². The number of nitrogens with zero attached hydrogens (tertiary/aromatic N) is 3. The third-order valence-electron chi connectivity index (χ3n) is 1.82. The molecule has 0 aliphatic heterocycles. The molecule has 1 heterocycles. The number of amides is 1. The monoisotopic (exact) mass is 221 g/mol. The number of hydrazone groups is 1. The maximum atomic E-state index is 11.0. The van der Waals surface area contributed by atoms with Crippen LogP contribution >= 0.6 is 0 Å². The molecule has 0 atom stereocenters. The minimum Gasteiger partial charge on any atom is -0.464 e. The van der Waals surface area contributed by atoms with Crippen molar-refractivity contribution in [2.45, 2.75) is 26.3 Å². The lowest BCUT2D eigenvalue weighted by atomic mass is 10.1. The molecule has 0 fully saturated rings. The van der Waals surface area contributed by atoms with E-state index in [1.807, 2.05) is 0 Å². The van der Waals surface area contributed by atoms with Crippen molar-refractivity contribution < 1.29 is 9.90 Å². The highest BCUT2D eigenvalue weighted by Crippen LogP contribution is 2.13. The summed E-state index contributed by atoms with van der Waals surface area (Å²) in [5, 5.41) is 13.9. The fourth-order valence-corrected chi connectivity index (χ4v) is 1.09. The van der Waals surface area contributed by atoms with Crippen LogP contribution in [-0.4, -0.2) is 32.9 Å². The summed E-state index contributed by atoms with van der Waals surface area (Å²) >= 11 is 0. The number of rotatable bonds is 2. The van der Waals surface area contributed by atoms with E-state index in [4.69, 9.17) is 5.11 Å². The highest BCUT2D eigenvalue weighted by Gasteiger charge is 2.25. The topological polar surface area (TPSA) is 65.8 Å². The Bertz CT molecular complexity index is 382. The number of carboxylic acid groups (broad SMARTS) is 1. The quantitative estimate of drug-likeness (QED) is 0.615. The second-order valence-electron chi connectivity index (χ2n) is 4.30. The largest absolute Gasteiger partial charge is 0.464 e. The smallest absolute Gasteiger partial charge is 0.428 e. The van der Waals surface area contributed by atoms with Crippen molar-refractivity contribution in [2.75, 3.05) is 0 Å². The van der Waals surface area contributed by atoms with Gasteiger partial charge in [-0.2, -0.15) is 10.1 Å². The molecule has 0 unspecified atom stereocenters. The van der Waals surface area contributed by atoms with E-state index in [9.17, 15) is 4.79 Å². The molecule has 86 valence electrons. The molecule has 1 N–H and O–H groups in total. The molecule has 1 rings (SSSR count). The van der Waals surface area contributed by atoms with Crippen LogP contribution in [0.15, 0.2) is 29.6 Å². The van der Waals surface area contributed by atoms with Crippen LogP contribution in [0.4, 0.5) is 4.79 Å². The first-order valence-corrected chi connectivity index (χ1v) is 4.88. The molecule has 0 bridgehead atoms. The van der Waals surface area contributed by atoms with E-state index in [0.29, 0.717) is 0 Å². The van der Waals surface area contributed by atoms with Gasteiger partial charge >= 0.3 is 6.09 Å². The maximum Gasteiger partial charge on any atom is 0.428 e. The predicted molar refractivity (Wildman–Crippen MR) is 61.4 cm³/mol. The number of aromatic nitrogens is 1. The maximum absolute atomic E-state index is 11.0. The molecule has 5 heteroatoms. The van der Waals surface area contributed by atoms with Gasteiger partial charge < -0.3 is 5.11 Å². The Labute approximate surface area is 94.4 Å². The Balaban J connectivity index is 2.85. The molecule has 0 aromatic carbocycles. The molecule has 0 aliphatic rings. The van der Waals surface area contributed by atoms with E-state index in [2.05, 4.69) is 10.1 Å². The minimum absolute atomic E-state index is 0.565. The molecule has 1 aromatic rings. The SMILES string of the molecule is CC(C)(C)N(/N=C/c1cccnc1)C(=O)O. The fourth-order valence-electron chi connectivity index (χ4n) is 1.09. The van der Waals surface area contributed by atoms with Crippen LogP contribution in [0.1, 0.15) is 26.3 Å². The Morgan fingerprint density at radius 2 is 2.25 bits per heavy atom. The number of hydrogen-bond donors (Lipinski definition) is 1. The summed E-state index contributed by atoms with van der Waals surface area (Å²) in [4.78, 5) is 14.9. The lowest BCUT2D eigenvalue weighted by Gasteiger charge is -2.27. The van der Waals surface area contributed by atoms with Crippen LogP contribution in [0, 0.1) is 0 Å². The van der Waals surface area contributed by atoms with Gasteiger partial charge in [-0.05, 0) is 26.8 Å². The highest BCUT2D eigenvalue weighted by atomic mass is 16.4. The Kier molecular flexibility index (Phi) is 3.60. The first-order chi connectivity index (χ1) is 7.41. The van der Waals surface area contributed by atoms with Crippen molar-refractivity contribution in [3.8, 4) is 0 Å². The second-order valence-corrected chi connectivity index (χ2v) is 4.30. The first kappa shape index (κ1) is 12.2. The van der Waals surface area contributed by atoms with Crippen LogP contribution < -0.4 is 0 Å². The van der Waals surface area contributed by atoms with Crippen LogP contribution in [0.3, 0.4) is 0 Å².